The van der Waals surface area contributed by atoms with Gasteiger partial charge in [0, 0.05) is 4.88 Å². The van der Waals surface area contributed by atoms with Crippen molar-refractivity contribution in [3.63, 3.8) is 0 Å². The zero-order chi connectivity index (χ0) is 15.2. The van der Waals surface area contributed by atoms with E-state index in [0.29, 0.717) is 12.2 Å². The Bertz CT molecular complexity index is 647. The Labute approximate surface area is 129 Å². The van der Waals surface area contributed by atoms with Gasteiger partial charge in [-0.1, -0.05) is 33.1 Å². The fourth-order valence-electron chi connectivity index (χ4n) is 2.27. The summed E-state index contributed by atoms with van der Waals surface area (Å²) in [5.41, 5.74) is 0.865. The molecule has 0 aliphatic rings. The Kier molecular flexibility index (Phi) is 5.74. The van der Waals surface area contributed by atoms with Gasteiger partial charge < -0.3 is 4.74 Å². The van der Waals surface area contributed by atoms with Crippen molar-refractivity contribution in [3.05, 3.63) is 37.5 Å². The largest absolute Gasteiger partial charge is 0.489 e. The zero-order valence-electron chi connectivity index (χ0n) is 12.7. The van der Waals surface area contributed by atoms with Crippen molar-refractivity contribution in [1.29, 1.82) is 0 Å². The summed E-state index contributed by atoms with van der Waals surface area (Å²) in [6, 6.07) is 2.03. The van der Waals surface area contributed by atoms with Crippen molar-refractivity contribution in [2.75, 3.05) is 6.61 Å². The van der Waals surface area contributed by atoms with Crippen LogP contribution in [0.5, 0.6) is 5.75 Å². The van der Waals surface area contributed by atoms with Crippen molar-refractivity contribution in [2.45, 2.75) is 52.4 Å². The number of unbranched alkanes of at least 4 members (excludes halogenated alkanes) is 3. The van der Waals surface area contributed by atoms with E-state index in [9.17, 15) is 9.59 Å². The minimum atomic E-state index is -0.470. The van der Waals surface area contributed by atoms with Gasteiger partial charge >= 0.3 is 0 Å². The molecule has 0 radical (unpaired) electrons. The Morgan fingerprint density at radius 2 is 1.81 bits per heavy atom. The monoisotopic (exact) mass is 306 g/mol. The number of hydrogen-bond donors (Lipinski definition) is 0. The van der Waals surface area contributed by atoms with Gasteiger partial charge in [-0.3, -0.25) is 9.59 Å². The Morgan fingerprint density at radius 3 is 2.52 bits per heavy atom. The van der Waals surface area contributed by atoms with E-state index in [-0.39, 0.29) is 5.75 Å². The van der Waals surface area contributed by atoms with Gasteiger partial charge in [0.15, 0.2) is 5.75 Å². The Hall–Kier alpha value is -1.42. The average Bonchev–Trinajstić information content (AvgIpc) is 2.94. The van der Waals surface area contributed by atoms with Gasteiger partial charge in [-0.25, -0.2) is 0 Å². The molecule has 0 atom stereocenters. The first-order chi connectivity index (χ1) is 10.2. The van der Waals surface area contributed by atoms with Crippen LogP contribution in [0.1, 0.15) is 51.5 Å². The molecule has 0 amide bonds. The molecule has 1 aromatic carbocycles. The molecule has 4 heteroatoms. The lowest BCUT2D eigenvalue weighted by Crippen LogP contribution is -2.34. The van der Waals surface area contributed by atoms with Crippen LogP contribution in [0.2, 0.25) is 0 Å². The second-order valence-corrected chi connectivity index (χ2v) is 6.25. The van der Waals surface area contributed by atoms with Crippen LogP contribution in [0.3, 0.4) is 0 Å². The molecular formula is C17H22O3S. The third-order valence-corrected chi connectivity index (χ3v) is 4.58. The van der Waals surface area contributed by atoms with Crippen LogP contribution in [0, 0.1) is 0 Å². The van der Waals surface area contributed by atoms with Crippen molar-refractivity contribution in [1.82, 2.24) is 0 Å². The molecule has 1 heterocycles. The standard InChI is InChI=1S/C17H22O3S/c1-3-5-7-8-12-10-13(21-11-12)14-15(18)16(19)17(14)20-9-6-4-2/h10-11H,3-9H2,1-2H3. The maximum atomic E-state index is 11.8. The Balaban J connectivity index is 2.09. The van der Waals surface area contributed by atoms with E-state index >= 15 is 0 Å². The highest BCUT2D eigenvalue weighted by Crippen LogP contribution is 2.32. The molecule has 0 fully saturated rings. The van der Waals surface area contributed by atoms with E-state index in [1.54, 1.807) is 0 Å². The van der Waals surface area contributed by atoms with E-state index in [1.165, 1.54) is 36.2 Å². The van der Waals surface area contributed by atoms with Crippen molar-refractivity contribution >= 4 is 11.3 Å². The van der Waals surface area contributed by atoms with Crippen LogP contribution in [0.15, 0.2) is 21.0 Å². The minimum Gasteiger partial charge on any atom is -0.489 e. The topological polar surface area (TPSA) is 43.4 Å². The molecule has 114 valence electrons. The number of ether oxygens (including phenoxy) is 1. The smallest absolute Gasteiger partial charge is 0.269 e. The minimum absolute atomic E-state index is 0.274. The number of hydrogen-bond acceptors (Lipinski definition) is 4. The normalized spacial score (nSPS) is 11.1. The number of aryl methyl sites for hydroxylation is 1. The first-order valence-electron chi connectivity index (χ1n) is 7.72. The van der Waals surface area contributed by atoms with E-state index in [4.69, 9.17) is 4.74 Å². The number of rotatable bonds is 9. The van der Waals surface area contributed by atoms with Gasteiger partial charge in [0.1, 0.15) is 0 Å². The second kappa shape index (κ2) is 7.55. The summed E-state index contributed by atoms with van der Waals surface area (Å²) in [5, 5.41) is 2.08. The first-order valence-corrected chi connectivity index (χ1v) is 8.60. The summed E-state index contributed by atoms with van der Waals surface area (Å²) >= 11 is 1.53. The van der Waals surface area contributed by atoms with Crippen molar-refractivity contribution in [2.24, 2.45) is 0 Å². The van der Waals surface area contributed by atoms with Crippen LogP contribution in [-0.2, 0) is 6.42 Å². The average molecular weight is 306 g/mol. The maximum Gasteiger partial charge on any atom is 0.269 e. The Morgan fingerprint density at radius 1 is 1.05 bits per heavy atom. The molecule has 0 aliphatic carbocycles. The quantitative estimate of drug-likeness (QED) is 0.521. The van der Waals surface area contributed by atoms with Crippen LogP contribution >= 0.6 is 11.3 Å². The molecule has 0 aliphatic heterocycles. The van der Waals surface area contributed by atoms with E-state index in [2.05, 4.69) is 19.2 Å². The molecule has 0 bridgehead atoms. The predicted octanol–water partition coefficient (Wildman–Crippen LogP) is 3.92. The molecule has 0 N–H and O–H groups in total. The predicted molar refractivity (Wildman–Crippen MR) is 88.3 cm³/mol. The molecule has 0 unspecified atom stereocenters. The van der Waals surface area contributed by atoms with E-state index < -0.39 is 10.9 Å². The summed E-state index contributed by atoms with van der Waals surface area (Å²) in [4.78, 5) is 24.3. The molecule has 0 saturated heterocycles. The van der Waals surface area contributed by atoms with E-state index in [1.807, 2.05) is 6.07 Å². The lowest BCUT2D eigenvalue weighted by atomic mass is 10.0. The fourth-order valence-corrected chi connectivity index (χ4v) is 3.25. The molecule has 0 saturated carbocycles. The molecule has 21 heavy (non-hydrogen) atoms. The highest BCUT2D eigenvalue weighted by molar-refractivity contribution is 7.13. The van der Waals surface area contributed by atoms with Crippen LogP contribution in [-0.4, -0.2) is 6.61 Å². The molecule has 2 aromatic rings. The highest BCUT2D eigenvalue weighted by Gasteiger charge is 2.24. The van der Waals surface area contributed by atoms with Crippen LogP contribution in [0.25, 0.3) is 10.4 Å². The van der Waals surface area contributed by atoms with Gasteiger partial charge in [-0.05, 0) is 36.3 Å². The second-order valence-electron chi connectivity index (χ2n) is 5.34. The van der Waals surface area contributed by atoms with Gasteiger partial charge in [0.05, 0.1) is 12.2 Å². The third kappa shape index (κ3) is 3.62. The summed E-state index contributed by atoms with van der Waals surface area (Å²) in [5.74, 6) is 0.274. The lowest BCUT2D eigenvalue weighted by Gasteiger charge is -2.10. The van der Waals surface area contributed by atoms with Crippen LogP contribution in [0.4, 0.5) is 0 Å². The summed E-state index contributed by atoms with van der Waals surface area (Å²) in [7, 11) is 0. The van der Waals surface area contributed by atoms with Gasteiger partial charge in [-0.2, -0.15) is 0 Å². The van der Waals surface area contributed by atoms with Crippen LogP contribution < -0.4 is 15.6 Å². The summed E-state index contributed by atoms with van der Waals surface area (Å²) in [6.45, 7) is 4.75. The maximum absolute atomic E-state index is 11.8. The molecule has 2 rings (SSSR count). The van der Waals surface area contributed by atoms with Crippen molar-refractivity contribution < 1.29 is 4.74 Å². The molecule has 0 spiro atoms. The fraction of sp³-hybridized carbons (Fsp3) is 0.529. The zero-order valence-corrected chi connectivity index (χ0v) is 13.6. The summed E-state index contributed by atoms with van der Waals surface area (Å²) in [6.07, 6.45) is 6.52. The van der Waals surface area contributed by atoms with Gasteiger partial charge in [0.2, 0.25) is 5.43 Å². The lowest BCUT2D eigenvalue weighted by molar-refractivity contribution is 0.304. The molecular weight excluding hydrogens is 284 g/mol. The van der Waals surface area contributed by atoms with Gasteiger partial charge in [-0.15, -0.1) is 11.3 Å². The third-order valence-electron chi connectivity index (χ3n) is 3.58. The summed E-state index contributed by atoms with van der Waals surface area (Å²) < 4.78 is 5.49. The first kappa shape index (κ1) is 16.0. The van der Waals surface area contributed by atoms with Crippen molar-refractivity contribution in [3.8, 4) is 16.2 Å². The van der Waals surface area contributed by atoms with E-state index in [0.717, 1.165) is 24.1 Å². The SMILES string of the molecule is CCCCCc1csc(-c2c(OCCCC)c(=O)c2=O)c1. The number of thiophene rings is 1. The molecule has 1 aromatic heterocycles. The highest BCUT2D eigenvalue weighted by atomic mass is 32.1. The van der Waals surface area contributed by atoms with Gasteiger partial charge in [0.25, 0.3) is 5.43 Å². The molecule has 3 nitrogen and oxygen atoms in total.